The van der Waals surface area contributed by atoms with Crippen LogP contribution in [0.4, 0.5) is 4.39 Å². The number of rotatable bonds is 3. The van der Waals surface area contributed by atoms with Crippen molar-refractivity contribution in [2.45, 2.75) is 12.5 Å². The molecule has 1 atom stereocenters. The molecule has 0 spiro atoms. The van der Waals surface area contributed by atoms with Crippen LogP contribution >= 0.6 is 43.5 Å². The SMILES string of the molecule is NC(Cc1ccccc1Br)c1ccc(Br)c(Cl)c1F. The second kappa shape index (κ2) is 6.35. The molecule has 0 saturated heterocycles. The predicted molar refractivity (Wildman–Crippen MR) is 83.9 cm³/mol. The van der Waals surface area contributed by atoms with Gasteiger partial charge in [0.05, 0.1) is 5.02 Å². The van der Waals surface area contributed by atoms with Crippen LogP contribution in [0.5, 0.6) is 0 Å². The minimum Gasteiger partial charge on any atom is -0.324 e. The first kappa shape index (κ1) is 15.0. The molecule has 0 bridgehead atoms. The molecule has 2 aromatic rings. The highest BCUT2D eigenvalue weighted by Crippen LogP contribution is 2.31. The van der Waals surface area contributed by atoms with Gasteiger partial charge in [0.15, 0.2) is 0 Å². The highest BCUT2D eigenvalue weighted by Gasteiger charge is 2.17. The van der Waals surface area contributed by atoms with Crippen LogP contribution in [0.25, 0.3) is 0 Å². The van der Waals surface area contributed by atoms with E-state index in [1.807, 2.05) is 24.3 Å². The summed E-state index contributed by atoms with van der Waals surface area (Å²) >= 11 is 12.5. The lowest BCUT2D eigenvalue weighted by atomic mass is 9.99. The molecule has 2 aromatic carbocycles. The number of hydrogen-bond donors (Lipinski definition) is 1. The van der Waals surface area contributed by atoms with Crippen LogP contribution in [0.15, 0.2) is 45.3 Å². The van der Waals surface area contributed by atoms with Crippen molar-refractivity contribution >= 4 is 43.5 Å². The van der Waals surface area contributed by atoms with E-state index in [0.717, 1.165) is 10.0 Å². The quantitative estimate of drug-likeness (QED) is 0.692. The van der Waals surface area contributed by atoms with Crippen LogP contribution in [0.1, 0.15) is 17.2 Å². The molecule has 0 saturated carbocycles. The van der Waals surface area contributed by atoms with Crippen molar-refractivity contribution in [3.05, 3.63) is 67.3 Å². The second-order valence-corrected chi connectivity index (χ2v) is 6.25. The number of nitrogens with two attached hydrogens (primary N) is 1. The molecule has 1 unspecified atom stereocenters. The van der Waals surface area contributed by atoms with Gasteiger partial charge in [-0.15, -0.1) is 0 Å². The minimum absolute atomic E-state index is 0.0695. The normalized spacial score (nSPS) is 12.5. The highest BCUT2D eigenvalue weighted by molar-refractivity contribution is 9.10. The van der Waals surface area contributed by atoms with Crippen LogP contribution in [0, 0.1) is 5.82 Å². The van der Waals surface area contributed by atoms with E-state index in [9.17, 15) is 4.39 Å². The molecular formula is C14H11Br2ClFN. The zero-order valence-electron chi connectivity index (χ0n) is 9.84. The zero-order chi connectivity index (χ0) is 14.0. The van der Waals surface area contributed by atoms with E-state index in [2.05, 4.69) is 31.9 Å². The fourth-order valence-corrected chi connectivity index (χ4v) is 2.76. The Morgan fingerprint density at radius 3 is 2.47 bits per heavy atom. The summed E-state index contributed by atoms with van der Waals surface area (Å²) in [6.45, 7) is 0. The highest BCUT2D eigenvalue weighted by atomic mass is 79.9. The Bertz CT molecular complexity index is 604. The van der Waals surface area contributed by atoms with E-state index in [1.165, 1.54) is 0 Å². The molecule has 100 valence electrons. The largest absolute Gasteiger partial charge is 0.324 e. The summed E-state index contributed by atoms with van der Waals surface area (Å²) in [7, 11) is 0. The summed E-state index contributed by atoms with van der Waals surface area (Å²) in [4.78, 5) is 0. The maximum atomic E-state index is 14.1. The smallest absolute Gasteiger partial charge is 0.147 e. The van der Waals surface area contributed by atoms with E-state index in [1.54, 1.807) is 12.1 Å². The lowest BCUT2D eigenvalue weighted by molar-refractivity contribution is 0.579. The lowest BCUT2D eigenvalue weighted by Gasteiger charge is -2.15. The molecule has 0 heterocycles. The van der Waals surface area contributed by atoms with Gasteiger partial charge in [-0.25, -0.2) is 4.39 Å². The molecule has 0 aromatic heterocycles. The molecule has 0 amide bonds. The van der Waals surface area contributed by atoms with Crippen LogP contribution in [0.2, 0.25) is 5.02 Å². The molecule has 2 N–H and O–H groups in total. The van der Waals surface area contributed by atoms with E-state index in [4.69, 9.17) is 17.3 Å². The van der Waals surface area contributed by atoms with Gasteiger partial charge in [0, 0.05) is 20.6 Å². The van der Waals surface area contributed by atoms with E-state index in [-0.39, 0.29) is 5.02 Å². The van der Waals surface area contributed by atoms with E-state index < -0.39 is 11.9 Å². The molecule has 0 radical (unpaired) electrons. The van der Waals surface area contributed by atoms with Gasteiger partial charge in [-0.3, -0.25) is 0 Å². The Labute approximate surface area is 133 Å². The number of benzene rings is 2. The summed E-state index contributed by atoms with van der Waals surface area (Å²) in [5.41, 5.74) is 7.54. The Balaban J connectivity index is 2.28. The molecule has 19 heavy (non-hydrogen) atoms. The van der Waals surface area contributed by atoms with Gasteiger partial charge in [-0.05, 0) is 40.0 Å². The van der Waals surface area contributed by atoms with Gasteiger partial charge in [0.2, 0.25) is 0 Å². The van der Waals surface area contributed by atoms with Crippen LogP contribution in [0.3, 0.4) is 0 Å². The van der Waals surface area contributed by atoms with Gasteiger partial charge < -0.3 is 5.73 Å². The fraction of sp³-hybridized carbons (Fsp3) is 0.143. The molecule has 0 fully saturated rings. The standard InChI is InChI=1S/C14H11Br2ClFN/c15-10-4-2-1-3-8(10)7-12(19)9-5-6-11(16)13(17)14(9)18/h1-6,12H,7,19H2. The number of hydrogen-bond acceptors (Lipinski definition) is 1. The van der Waals surface area contributed by atoms with Crippen molar-refractivity contribution in [1.82, 2.24) is 0 Å². The van der Waals surface area contributed by atoms with Crippen molar-refractivity contribution in [3.8, 4) is 0 Å². The fourth-order valence-electron chi connectivity index (χ4n) is 1.84. The first-order chi connectivity index (χ1) is 9.00. The molecule has 0 aliphatic carbocycles. The Kier molecular flexibility index (Phi) is 5.01. The monoisotopic (exact) mass is 405 g/mol. The van der Waals surface area contributed by atoms with Gasteiger partial charge in [-0.1, -0.05) is 51.8 Å². The molecule has 5 heteroatoms. The van der Waals surface area contributed by atoms with Crippen LogP contribution < -0.4 is 5.73 Å². The average molecular weight is 408 g/mol. The van der Waals surface area contributed by atoms with Gasteiger partial charge in [0.25, 0.3) is 0 Å². The number of halogens is 4. The lowest BCUT2D eigenvalue weighted by Crippen LogP contribution is -2.15. The second-order valence-electron chi connectivity index (χ2n) is 4.17. The van der Waals surface area contributed by atoms with E-state index in [0.29, 0.717) is 16.5 Å². The van der Waals surface area contributed by atoms with Crippen molar-refractivity contribution in [2.75, 3.05) is 0 Å². The zero-order valence-corrected chi connectivity index (χ0v) is 13.8. The summed E-state index contributed by atoms with van der Waals surface area (Å²) in [6, 6.07) is 10.7. The van der Waals surface area contributed by atoms with E-state index >= 15 is 0 Å². The van der Waals surface area contributed by atoms with Gasteiger partial charge in [0.1, 0.15) is 5.82 Å². The minimum atomic E-state index is -0.462. The summed E-state index contributed by atoms with van der Waals surface area (Å²) < 4.78 is 15.6. The van der Waals surface area contributed by atoms with Crippen molar-refractivity contribution in [2.24, 2.45) is 5.73 Å². The maximum Gasteiger partial charge on any atom is 0.147 e. The first-order valence-corrected chi connectivity index (χ1v) is 7.59. The molecule has 1 nitrogen and oxygen atoms in total. The summed E-state index contributed by atoms with van der Waals surface area (Å²) in [5.74, 6) is -0.462. The van der Waals surface area contributed by atoms with Gasteiger partial charge >= 0.3 is 0 Å². The summed E-state index contributed by atoms with van der Waals surface area (Å²) in [6.07, 6.45) is 0.538. The maximum absolute atomic E-state index is 14.1. The third-order valence-electron chi connectivity index (χ3n) is 2.86. The molecule has 2 rings (SSSR count). The Morgan fingerprint density at radius 1 is 1.11 bits per heavy atom. The molecular weight excluding hydrogens is 396 g/mol. The average Bonchev–Trinajstić information content (AvgIpc) is 2.39. The van der Waals surface area contributed by atoms with Crippen molar-refractivity contribution < 1.29 is 4.39 Å². The first-order valence-electron chi connectivity index (χ1n) is 5.63. The molecule has 0 aliphatic rings. The Morgan fingerprint density at radius 2 is 1.79 bits per heavy atom. The van der Waals surface area contributed by atoms with Gasteiger partial charge in [-0.2, -0.15) is 0 Å². The van der Waals surface area contributed by atoms with Crippen LogP contribution in [-0.2, 0) is 6.42 Å². The van der Waals surface area contributed by atoms with Crippen molar-refractivity contribution in [3.63, 3.8) is 0 Å². The predicted octanol–water partition coefficient (Wildman–Crippen LogP) is 5.25. The molecule has 0 aliphatic heterocycles. The third-order valence-corrected chi connectivity index (χ3v) is 4.89. The van der Waals surface area contributed by atoms with Crippen LogP contribution in [-0.4, -0.2) is 0 Å². The third kappa shape index (κ3) is 3.37. The topological polar surface area (TPSA) is 26.0 Å². The van der Waals surface area contributed by atoms with Crippen molar-refractivity contribution in [1.29, 1.82) is 0 Å². The Hall–Kier alpha value is -0.420. The summed E-state index contributed by atoms with van der Waals surface area (Å²) in [5, 5.41) is 0.0695.